The molecule has 29 heavy (non-hydrogen) atoms. The number of furan rings is 1. The molecule has 0 aliphatic carbocycles. The van der Waals surface area contributed by atoms with Gasteiger partial charge < -0.3 is 14.6 Å². The molecule has 152 valence electrons. The van der Waals surface area contributed by atoms with Crippen LogP contribution in [0.1, 0.15) is 29.0 Å². The van der Waals surface area contributed by atoms with Gasteiger partial charge in [-0.05, 0) is 25.8 Å². The first-order valence-electron chi connectivity index (χ1n) is 9.44. The van der Waals surface area contributed by atoms with E-state index in [4.69, 9.17) is 4.42 Å². The molecular weight excluding hydrogens is 376 g/mol. The highest BCUT2D eigenvalue weighted by Gasteiger charge is 2.25. The number of rotatable bonds is 4. The first-order valence-corrected chi connectivity index (χ1v) is 9.44. The monoisotopic (exact) mass is 398 g/mol. The van der Waals surface area contributed by atoms with Crippen LogP contribution in [0.2, 0.25) is 0 Å². The summed E-state index contributed by atoms with van der Waals surface area (Å²) in [5, 5.41) is 7.41. The summed E-state index contributed by atoms with van der Waals surface area (Å²) in [4.78, 5) is 43.4. The number of amides is 2. The highest BCUT2D eigenvalue weighted by atomic mass is 16.3. The first kappa shape index (κ1) is 18.9. The summed E-state index contributed by atoms with van der Waals surface area (Å²) in [7, 11) is 1.71. The maximum Gasteiger partial charge on any atom is 0.264 e. The Hall–Kier alpha value is -3.43. The van der Waals surface area contributed by atoms with E-state index >= 15 is 0 Å². The van der Waals surface area contributed by atoms with Gasteiger partial charge in [-0.1, -0.05) is 0 Å². The van der Waals surface area contributed by atoms with Crippen LogP contribution in [-0.2, 0) is 18.4 Å². The van der Waals surface area contributed by atoms with Gasteiger partial charge in [-0.25, -0.2) is 4.98 Å². The molecule has 0 atom stereocenters. The van der Waals surface area contributed by atoms with Gasteiger partial charge in [-0.15, -0.1) is 0 Å². The maximum atomic E-state index is 12.6. The lowest BCUT2D eigenvalue weighted by atomic mass is 10.0. The highest BCUT2D eigenvalue weighted by molar-refractivity contribution is 5.95. The molecule has 2 amide bonds. The normalized spacial score (nSPS) is 15.0. The van der Waals surface area contributed by atoms with Crippen molar-refractivity contribution >= 4 is 22.8 Å². The van der Waals surface area contributed by atoms with Crippen molar-refractivity contribution in [2.45, 2.75) is 32.4 Å². The summed E-state index contributed by atoms with van der Waals surface area (Å²) >= 11 is 0. The predicted molar refractivity (Wildman–Crippen MR) is 103 cm³/mol. The molecular formula is C19H22N6O4. The van der Waals surface area contributed by atoms with Crippen LogP contribution in [0.4, 0.5) is 0 Å². The van der Waals surface area contributed by atoms with E-state index in [-0.39, 0.29) is 30.0 Å². The third kappa shape index (κ3) is 3.65. The fourth-order valence-corrected chi connectivity index (χ4v) is 3.58. The molecule has 10 heteroatoms. The second-order valence-electron chi connectivity index (χ2n) is 7.20. The van der Waals surface area contributed by atoms with Gasteiger partial charge in [0, 0.05) is 26.2 Å². The average molecular weight is 398 g/mol. The van der Waals surface area contributed by atoms with Crippen LogP contribution in [0.25, 0.3) is 11.0 Å². The second-order valence-corrected chi connectivity index (χ2v) is 7.20. The summed E-state index contributed by atoms with van der Waals surface area (Å²) in [5.74, 6) is 0.274. The predicted octanol–water partition coefficient (Wildman–Crippen LogP) is 0.452. The molecule has 3 aromatic rings. The fourth-order valence-electron chi connectivity index (χ4n) is 3.58. The summed E-state index contributed by atoms with van der Waals surface area (Å²) in [6.07, 6.45) is 5.64. The van der Waals surface area contributed by atoms with Crippen molar-refractivity contribution in [3.05, 3.63) is 46.5 Å². The quantitative estimate of drug-likeness (QED) is 0.682. The number of aromatic nitrogens is 4. The number of aryl methyl sites for hydroxylation is 2. The number of fused-ring (bicyclic) bond motifs is 1. The molecule has 1 N–H and O–H groups in total. The first-order chi connectivity index (χ1) is 13.9. The van der Waals surface area contributed by atoms with E-state index in [9.17, 15) is 14.4 Å². The van der Waals surface area contributed by atoms with Crippen LogP contribution in [0.5, 0.6) is 0 Å². The van der Waals surface area contributed by atoms with Crippen molar-refractivity contribution in [2.24, 2.45) is 7.05 Å². The van der Waals surface area contributed by atoms with Crippen molar-refractivity contribution in [1.29, 1.82) is 0 Å². The van der Waals surface area contributed by atoms with E-state index in [1.807, 2.05) is 0 Å². The Morgan fingerprint density at radius 2 is 2.07 bits per heavy atom. The Labute approximate surface area is 166 Å². The number of piperidine rings is 1. The van der Waals surface area contributed by atoms with Crippen LogP contribution in [-0.4, -0.2) is 55.2 Å². The molecule has 4 heterocycles. The largest absolute Gasteiger partial charge is 0.469 e. The van der Waals surface area contributed by atoms with Gasteiger partial charge in [0.05, 0.1) is 18.0 Å². The Morgan fingerprint density at radius 3 is 2.76 bits per heavy atom. The number of nitrogens with zero attached hydrogens (tertiary/aromatic N) is 5. The molecule has 0 unspecified atom stereocenters. The number of likely N-dealkylation sites (tertiary alicyclic amines) is 1. The lowest BCUT2D eigenvalue weighted by molar-refractivity contribution is -0.133. The molecule has 0 radical (unpaired) electrons. The summed E-state index contributed by atoms with van der Waals surface area (Å²) in [6.45, 7) is 2.72. The zero-order valence-electron chi connectivity index (χ0n) is 16.3. The number of hydrogen-bond donors (Lipinski definition) is 1. The molecule has 3 aromatic heterocycles. The zero-order valence-corrected chi connectivity index (χ0v) is 16.3. The standard InChI is InChI=1S/C19H22N6O4/c1-12-14(5-8-29-12)18(27)22-13-3-6-24(7-4-13)16(26)10-25-11-20-17-15(19(25)28)9-21-23(17)2/h5,8-9,11,13H,3-4,6-7,10H2,1-2H3,(H,22,27). The van der Waals surface area contributed by atoms with Crippen molar-refractivity contribution in [1.82, 2.24) is 29.5 Å². The van der Waals surface area contributed by atoms with Gasteiger partial charge >= 0.3 is 0 Å². The molecule has 4 rings (SSSR count). The molecule has 0 spiro atoms. The van der Waals surface area contributed by atoms with Crippen molar-refractivity contribution in [3.8, 4) is 0 Å². The Balaban J connectivity index is 1.35. The molecule has 1 aliphatic rings. The molecule has 1 aliphatic heterocycles. The van der Waals surface area contributed by atoms with Gasteiger partial charge in [0.2, 0.25) is 5.91 Å². The van der Waals surface area contributed by atoms with E-state index in [1.54, 1.807) is 24.9 Å². The van der Waals surface area contributed by atoms with Crippen LogP contribution >= 0.6 is 0 Å². The molecule has 1 saturated heterocycles. The number of carbonyl (C=O) groups is 2. The smallest absolute Gasteiger partial charge is 0.264 e. The van der Waals surface area contributed by atoms with Gasteiger partial charge in [-0.3, -0.25) is 23.6 Å². The Kier molecular flexibility index (Phi) is 4.91. The molecule has 1 fully saturated rings. The van der Waals surface area contributed by atoms with Crippen LogP contribution in [0.3, 0.4) is 0 Å². The minimum atomic E-state index is -0.283. The summed E-state index contributed by atoms with van der Waals surface area (Å²) < 4.78 is 7.99. The highest BCUT2D eigenvalue weighted by Crippen LogP contribution is 2.14. The molecule has 0 aromatic carbocycles. The van der Waals surface area contributed by atoms with Gasteiger partial charge in [-0.2, -0.15) is 5.10 Å². The lowest BCUT2D eigenvalue weighted by Crippen LogP contribution is -2.47. The number of nitrogens with one attached hydrogen (secondary N) is 1. The molecule has 0 bridgehead atoms. The Morgan fingerprint density at radius 1 is 1.31 bits per heavy atom. The van der Waals surface area contributed by atoms with E-state index in [1.165, 1.54) is 28.0 Å². The zero-order chi connectivity index (χ0) is 20.5. The van der Waals surface area contributed by atoms with E-state index in [0.29, 0.717) is 48.3 Å². The third-order valence-corrected chi connectivity index (χ3v) is 5.31. The van der Waals surface area contributed by atoms with Gasteiger partial charge in [0.1, 0.15) is 24.0 Å². The van der Waals surface area contributed by atoms with Crippen molar-refractivity contribution < 1.29 is 14.0 Å². The third-order valence-electron chi connectivity index (χ3n) is 5.31. The molecule has 0 saturated carbocycles. The minimum absolute atomic E-state index is 0.00279. The number of carbonyl (C=O) groups excluding carboxylic acids is 2. The van der Waals surface area contributed by atoms with Gasteiger partial charge in [0.15, 0.2) is 5.65 Å². The van der Waals surface area contributed by atoms with E-state index in [2.05, 4.69) is 15.4 Å². The number of hydrogen-bond acceptors (Lipinski definition) is 6. The summed E-state index contributed by atoms with van der Waals surface area (Å²) in [6, 6.07) is 1.64. The lowest BCUT2D eigenvalue weighted by Gasteiger charge is -2.32. The van der Waals surface area contributed by atoms with Crippen molar-refractivity contribution in [2.75, 3.05) is 13.1 Å². The molecule has 10 nitrogen and oxygen atoms in total. The summed E-state index contributed by atoms with van der Waals surface area (Å²) in [5.41, 5.74) is 0.735. The Bertz CT molecular complexity index is 1120. The minimum Gasteiger partial charge on any atom is -0.469 e. The van der Waals surface area contributed by atoms with Crippen molar-refractivity contribution in [3.63, 3.8) is 0 Å². The topological polar surface area (TPSA) is 115 Å². The SMILES string of the molecule is Cc1occc1C(=O)NC1CCN(C(=O)Cn2cnc3c(cnn3C)c2=O)CC1. The average Bonchev–Trinajstić information content (AvgIpc) is 3.30. The second kappa shape index (κ2) is 7.53. The van der Waals surface area contributed by atoms with E-state index in [0.717, 1.165) is 0 Å². The van der Waals surface area contributed by atoms with Crippen LogP contribution in [0.15, 0.2) is 34.1 Å². The maximum absolute atomic E-state index is 12.6. The van der Waals surface area contributed by atoms with Crippen LogP contribution < -0.4 is 10.9 Å². The van der Waals surface area contributed by atoms with Gasteiger partial charge in [0.25, 0.3) is 11.5 Å². The fraction of sp³-hybridized carbons (Fsp3) is 0.421. The van der Waals surface area contributed by atoms with E-state index < -0.39 is 0 Å². The van der Waals surface area contributed by atoms with Crippen LogP contribution in [0, 0.1) is 6.92 Å².